The molecule has 0 amide bonds. The molecule has 7 heteroatoms. The summed E-state index contributed by atoms with van der Waals surface area (Å²) in [7, 11) is 0. The van der Waals surface area contributed by atoms with E-state index in [2.05, 4.69) is 15.0 Å². The Kier molecular flexibility index (Phi) is 5.70. The van der Waals surface area contributed by atoms with E-state index in [0.29, 0.717) is 48.6 Å². The van der Waals surface area contributed by atoms with E-state index in [4.69, 9.17) is 14.2 Å². The summed E-state index contributed by atoms with van der Waals surface area (Å²) in [6.07, 6.45) is 4.01. The molecule has 1 unspecified atom stereocenters. The number of aromatic nitrogens is 3. The molecule has 0 saturated carbocycles. The van der Waals surface area contributed by atoms with Gasteiger partial charge in [0, 0.05) is 24.2 Å². The lowest BCUT2D eigenvalue weighted by molar-refractivity contribution is -0.151. The van der Waals surface area contributed by atoms with Crippen LogP contribution in [-0.4, -0.2) is 34.1 Å². The minimum absolute atomic E-state index is 0.215. The monoisotopic (exact) mass is 407 g/mol. The number of aryl methyl sites for hydroxylation is 1. The number of fused-ring (bicyclic) bond motifs is 1. The fourth-order valence-corrected chi connectivity index (χ4v) is 3.24. The topological polar surface area (TPSA) is 86.3 Å². The van der Waals surface area contributed by atoms with Crippen molar-refractivity contribution in [1.29, 1.82) is 0 Å². The number of carbonyl (C=O) groups excluding carboxylic acids is 1. The molecule has 1 aliphatic heterocycles. The number of rotatable bonds is 6. The number of nitrogens with one attached hydrogen (secondary N) is 1. The van der Waals surface area contributed by atoms with Crippen molar-refractivity contribution in [2.24, 2.45) is 11.8 Å². The molecule has 3 aromatic rings. The van der Waals surface area contributed by atoms with Crippen LogP contribution in [0, 0.1) is 18.8 Å². The van der Waals surface area contributed by atoms with Crippen LogP contribution in [0.3, 0.4) is 0 Å². The average Bonchev–Trinajstić information content (AvgIpc) is 3.18. The molecule has 1 aliphatic rings. The highest BCUT2D eigenvalue weighted by atomic mass is 16.5. The summed E-state index contributed by atoms with van der Waals surface area (Å²) in [5.74, 6) is 2.58. The standard InChI is InChI=1S/C23H25N3O4/c1-14(2)12-29-23(27)17-8-16-9-18(4-5-21(16)28-13-17)30-19-6-7-24-20(10-19)22-25-11-15(3)26-22/h4-7,9-11,14,17H,8,12-13H2,1-3H3,(H,25,26). The van der Waals surface area contributed by atoms with Crippen LogP contribution >= 0.6 is 0 Å². The van der Waals surface area contributed by atoms with Crippen LogP contribution in [0.15, 0.2) is 42.7 Å². The lowest BCUT2D eigenvalue weighted by Crippen LogP contribution is -2.30. The normalized spacial score (nSPS) is 15.4. The van der Waals surface area contributed by atoms with Crippen LogP contribution in [0.2, 0.25) is 0 Å². The Morgan fingerprint density at radius 1 is 1.23 bits per heavy atom. The number of aromatic amines is 1. The first kappa shape index (κ1) is 19.9. The van der Waals surface area contributed by atoms with Crippen molar-refractivity contribution in [1.82, 2.24) is 15.0 Å². The van der Waals surface area contributed by atoms with E-state index in [-0.39, 0.29) is 11.9 Å². The lowest BCUT2D eigenvalue weighted by Gasteiger charge is -2.24. The third-order valence-corrected chi connectivity index (χ3v) is 4.74. The van der Waals surface area contributed by atoms with Crippen molar-refractivity contribution >= 4 is 5.97 Å². The molecule has 30 heavy (non-hydrogen) atoms. The lowest BCUT2D eigenvalue weighted by atomic mass is 9.96. The zero-order valence-corrected chi connectivity index (χ0v) is 17.3. The highest BCUT2D eigenvalue weighted by Crippen LogP contribution is 2.33. The number of ether oxygens (including phenoxy) is 3. The molecular formula is C23H25N3O4. The van der Waals surface area contributed by atoms with Crippen LogP contribution in [0.1, 0.15) is 25.1 Å². The highest BCUT2D eigenvalue weighted by molar-refractivity contribution is 5.73. The smallest absolute Gasteiger partial charge is 0.312 e. The van der Waals surface area contributed by atoms with Gasteiger partial charge in [-0.25, -0.2) is 4.98 Å². The minimum Gasteiger partial charge on any atom is -0.492 e. The summed E-state index contributed by atoms with van der Waals surface area (Å²) in [4.78, 5) is 24.1. The van der Waals surface area contributed by atoms with Gasteiger partial charge in [0.05, 0.1) is 12.5 Å². The predicted molar refractivity (Wildman–Crippen MR) is 112 cm³/mol. The molecule has 3 heterocycles. The van der Waals surface area contributed by atoms with Crippen LogP contribution in [-0.2, 0) is 16.0 Å². The number of hydrogen-bond acceptors (Lipinski definition) is 6. The van der Waals surface area contributed by atoms with Crippen molar-refractivity contribution in [3.8, 4) is 28.8 Å². The van der Waals surface area contributed by atoms with Gasteiger partial charge in [-0.3, -0.25) is 9.78 Å². The van der Waals surface area contributed by atoms with Crippen molar-refractivity contribution in [2.75, 3.05) is 13.2 Å². The van der Waals surface area contributed by atoms with E-state index in [1.165, 1.54) is 0 Å². The summed E-state index contributed by atoms with van der Waals surface area (Å²) < 4.78 is 17.2. The first-order valence-corrected chi connectivity index (χ1v) is 10.1. The minimum atomic E-state index is -0.304. The van der Waals surface area contributed by atoms with Crippen molar-refractivity contribution < 1.29 is 19.0 Å². The highest BCUT2D eigenvalue weighted by Gasteiger charge is 2.28. The number of imidazole rings is 1. The van der Waals surface area contributed by atoms with E-state index in [1.54, 1.807) is 18.5 Å². The summed E-state index contributed by atoms with van der Waals surface area (Å²) in [5.41, 5.74) is 2.60. The summed E-state index contributed by atoms with van der Waals surface area (Å²) >= 11 is 0. The maximum absolute atomic E-state index is 12.3. The molecule has 156 valence electrons. The molecule has 0 saturated heterocycles. The first-order valence-electron chi connectivity index (χ1n) is 10.1. The Balaban J connectivity index is 1.47. The van der Waals surface area contributed by atoms with Crippen molar-refractivity contribution in [3.05, 3.63) is 54.0 Å². The number of hydrogen-bond donors (Lipinski definition) is 1. The number of H-pyrrole nitrogens is 1. The van der Waals surface area contributed by atoms with E-state index < -0.39 is 0 Å². The number of pyridine rings is 1. The van der Waals surface area contributed by atoms with Gasteiger partial charge in [-0.2, -0.15) is 0 Å². The predicted octanol–water partition coefficient (Wildman–Crippen LogP) is 4.32. The van der Waals surface area contributed by atoms with Crippen LogP contribution in [0.5, 0.6) is 17.2 Å². The summed E-state index contributed by atoms with van der Waals surface area (Å²) in [5, 5.41) is 0. The summed E-state index contributed by atoms with van der Waals surface area (Å²) in [6.45, 7) is 6.73. The van der Waals surface area contributed by atoms with Gasteiger partial charge in [-0.15, -0.1) is 0 Å². The van der Waals surface area contributed by atoms with E-state index in [1.807, 2.05) is 45.0 Å². The zero-order valence-electron chi connectivity index (χ0n) is 17.3. The third kappa shape index (κ3) is 4.62. The van der Waals surface area contributed by atoms with Crippen molar-refractivity contribution in [2.45, 2.75) is 27.2 Å². The van der Waals surface area contributed by atoms with Crippen LogP contribution in [0.25, 0.3) is 11.5 Å². The number of carbonyl (C=O) groups is 1. The zero-order chi connectivity index (χ0) is 21.1. The Morgan fingerprint density at radius 3 is 2.83 bits per heavy atom. The van der Waals surface area contributed by atoms with Gasteiger partial charge in [0.15, 0.2) is 5.82 Å². The second-order valence-corrected chi connectivity index (χ2v) is 7.90. The number of nitrogens with zero attached hydrogens (tertiary/aromatic N) is 2. The Bertz CT molecular complexity index is 1040. The van der Waals surface area contributed by atoms with E-state index in [0.717, 1.165) is 17.0 Å². The quantitative estimate of drug-likeness (QED) is 0.613. The van der Waals surface area contributed by atoms with Gasteiger partial charge in [0.2, 0.25) is 0 Å². The molecule has 1 aromatic carbocycles. The van der Waals surface area contributed by atoms with Gasteiger partial charge < -0.3 is 19.2 Å². The molecule has 0 radical (unpaired) electrons. The van der Waals surface area contributed by atoms with Gasteiger partial charge >= 0.3 is 5.97 Å². The molecular weight excluding hydrogens is 382 g/mol. The molecule has 0 aliphatic carbocycles. The van der Waals surface area contributed by atoms with Gasteiger partial charge in [-0.1, -0.05) is 13.8 Å². The average molecular weight is 407 g/mol. The Labute approximate surface area is 175 Å². The van der Waals surface area contributed by atoms with Gasteiger partial charge in [0.25, 0.3) is 0 Å². The molecule has 1 atom stereocenters. The molecule has 0 fully saturated rings. The molecule has 7 nitrogen and oxygen atoms in total. The maximum Gasteiger partial charge on any atom is 0.312 e. The summed E-state index contributed by atoms with van der Waals surface area (Å²) in [6, 6.07) is 9.27. The molecule has 0 spiro atoms. The fourth-order valence-electron chi connectivity index (χ4n) is 3.24. The number of esters is 1. The van der Waals surface area contributed by atoms with E-state index >= 15 is 0 Å². The first-order chi connectivity index (χ1) is 14.5. The fraction of sp³-hybridized carbons (Fsp3) is 0.348. The van der Waals surface area contributed by atoms with E-state index in [9.17, 15) is 4.79 Å². The second-order valence-electron chi connectivity index (χ2n) is 7.90. The number of benzene rings is 1. The molecule has 0 bridgehead atoms. The van der Waals surface area contributed by atoms with Crippen LogP contribution in [0.4, 0.5) is 0 Å². The van der Waals surface area contributed by atoms with Crippen LogP contribution < -0.4 is 9.47 Å². The van der Waals surface area contributed by atoms with Gasteiger partial charge in [0.1, 0.15) is 29.5 Å². The largest absolute Gasteiger partial charge is 0.492 e. The molecule has 2 aromatic heterocycles. The van der Waals surface area contributed by atoms with Gasteiger partial charge in [-0.05, 0) is 49.1 Å². The second kappa shape index (κ2) is 8.57. The van der Waals surface area contributed by atoms with Crippen molar-refractivity contribution in [3.63, 3.8) is 0 Å². The Hall–Kier alpha value is -3.35. The molecule has 1 N–H and O–H groups in total. The third-order valence-electron chi connectivity index (χ3n) is 4.74. The maximum atomic E-state index is 12.3. The Morgan fingerprint density at radius 2 is 2.07 bits per heavy atom. The SMILES string of the molecule is Cc1cnc(-c2cc(Oc3ccc4c(c3)CC(C(=O)OCC(C)C)CO4)ccn2)[nH]1. The molecule has 4 rings (SSSR count).